The van der Waals surface area contributed by atoms with Gasteiger partial charge in [-0.15, -0.1) is 10.2 Å². The third kappa shape index (κ3) is 4.50. The molecule has 2 atom stereocenters. The molecule has 2 aromatic carbocycles. The molecule has 206 valence electrons. The normalized spacial score (nSPS) is 20.9. The van der Waals surface area contributed by atoms with Gasteiger partial charge in [-0.25, -0.2) is 8.78 Å². The van der Waals surface area contributed by atoms with E-state index >= 15 is 8.78 Å². The van der Waals surface area contributed by atoms with E-state index < -0.39 is 29.5 Å². The molecule has 3 heterocycles. The fourth-order valence-corrected chi connectivity index (χ4v) is 5.92. The molecule has 1 spiro atoms. The first-order valence-electron chi connectivity index (χ1n) is 12.9. The summed E-state index contributed by atoms with van der Waals surface area (Å²) in [4.78, 5) is 16.8. The van der Waals surface area contributed by atoms with Gasteiger partial charge in [-0.1, -0.05) is 12.1 Å². The minimum atomic E-state index is -4.64. The maximum Gasteiger partial charge on any atom is 0.416 e. The average molecular weight is 546 g/mol. The molecule has 0 N–H and O–H groups in total. The maximum atomic E-state index is 15.8. The molecule has 2 fully saturated rings. The van der Waals surface area contributed by atoms with Crippen molar-refractivity contribution in [2.24, 2.45) is 12.5 Å². The van der Waals surface area contributed by atoms with E-state index in [0.29, 0.717) is 17.5 Å². The molecule has 6 rings (SSSR count). The molecule has 0 bridgehead atoms. The molecule has 3 aromatic rings. The Labute approximate surface area is 222 Å². The van der Waals surface area contributed by atoms with E-state index in [1.165, 1.54) is 47.1 Å². The molecular formula is C28H28F5N5O. The number of benzene rings is 2. The van der Waals surface area contributed by atoms with Gasteiger partial charge in [0.25, 0.3) is 5.91 Å². The second-order valence-corrected chi connectivity index (χ2v) is 11.3. The number of hydrogen-bond donors (Lipinski definition) is 0. The summed E-state index contributed by atoms with van der Waals surface area (Å²) < 4.78 is 74.8. The van der Waals surface area contributed by atoms with Crippen LogP contribution in [0.2, 0.25) is 0 Å². The van der Waals surface area contributed by atoms with Crippen molar-refractivity contribution in [3.63, 3.8) is 0 Å². The summed E-state index contributed by atoms with van der Waals surface area (Å²) in [5.74, 6) is -0.803. The zero-order chi connectivity index (χ0) is 27.7. The van der Waals surface area contributed by atoms with Crippen LogP contribution in [0.1, 0.15) is 70.8 Å². The first-order valence-corrected chi connectivity index (χ1v) is 12.9. The van der Waals surface area contributed by atoms with Crippen LogP contribution in [-0.4, -0.2) is 38.7 Å². The zero-order valence-corrected chi connectivity index (χ0v) is 21.6. The lowest BCUT2D eigenvalue weighted by molar-refractivity contribution is -0.138. The first-order chi connectivity index (χ1) is 18.4. The van der Waals surface area contributed by atoms with Gasteiger partial charge in [0, 0.05) is 31.4 Å². The summed E-state index contributed by atoms with van der Waals surface area (Å²) in [5.41, 5.74) is -2.58. The van der Waals surface area contributed by atoms with Crippen LogP contribution in [0.25, 0.3) is 0 Å². The molecule has 1 aromatic heterocycles. The highest BCUT2D eigenvalue weighted by molar-refractivity contribution is 6.10. The molecule has 3 aliphatic rings. The molecule has 1 saturated heterocycles. The number of fused-ring (bicyclic) bond motifs is 1. The summed E-state index contributed by atoms with van der Waals surface area (Å²) in [7, 11) is 1.49. The van der Waals surface area contributed by atoms with Gasteiger partial charge in [-0.2, -0.15) is 13.2 Å². The van der Waals surface area contributed by atoms with Crippen LogP contribution < -0.4 is 4.90 Å². The molecule has 1 amide bonds. The number of halogens is 5. The molecule has 0 unspecified atom stereocenters. The van der Waals surface area contributed by atoms with Crippen LogP contribution in [0.5, 0.6) is 0 Å². The Hall–Kier alpha value is -3.34. The molecule has 1 aliphatic carbocycles. The Morgan fingerprint density at radius 1 is 1.10 bits per heavy atom. The summed E-state index contributed by atoms with van der Waals surface area (Å²) in [6.45, 7) is 2.79. The number of likely N-dealkylation sites (tertiary alicyclic amines) is 1. The van der Waals surface area contributed by atoms with Crippen LogP contribution in [-0.2, 0) is 32.0 Å². The predicted octanol–water partition coefficient (Wildman–Crippen LogP) is 5.88. The number of rotatable bonds is 6. The van der Waals surface area contributed by atoms with Gasteiger partial charge >= 0.3 is 6.18 Å². The van der Waals surface area contributed by atoms with Gasteiger partial charge in [0.15, 0.2) is 17.7 Å². The number of carbonyl (C=O) groups is 1. The lowest BCUT2D eigenvalue weighted by atomic mass is 9.92. The van der Waals surface area contributed by atoms with E-state index in [4.69, 9.17) is 0 Å². The molecule has 11 heteroatoms. The fourth-order valence-electron chi connectivity index (χ4n) is 5.92. The number of anilines is 1. The highest BCUT2D eigenvalue weighted by Gasteiger charge is 2.48. The third-order valence-corrected chi connectivity index (χ3v) is 8.46. The van der Waals surface area contributed by atoms with Crippen molar-refractivity contribution in [1.82, 2.24) is 19.7 Å². The quantitative estimate of drug-likeness (QED) is 0.364. The number of carbonyl (C=O) groups excluding carboxylic acids is 1. The number of aromatic nitrogens is 3. The summed E-state index contributed by atoms with van der Waals surface area (Å²) in [5, 5.41) is 7.26. The van der Waals surface area contributed by atoms with Crippen LogP contribution in [0, 0.1) is 5.41 Å². The first kappa shape index (κ1) is 25.9. The third-order valence-electron chi connectivity index (χ3n) is 8.46. The molecule has 2 aliphatic heterocycles. The summed E-state index contributed by atoms with van der Waals surface area (Å²) >= 11 is 0. The average Bonchev–Trinajstić information content (AvgIpc) is 3.16. The molecular weight excluding hydrogens is 517 g/mol. The SMILES string of the molecule is Cn1cnnc1[C@H](F)[C@@](C)(F)c1cccc(N2Cc3c(cc(CN4CCC5(CC5)C4)cc3C(F)(F)F)C2=O)c1. The van der Waals surface area contributed by atoms with Gasteiger partial charge in [-0.3, -0.25) is 9.69 Å². The minimum Gasteiger partial charge on any atom is -0.318 e. The summed E-state index contributed by atoms with van der Waals surface area (Å²) in [6.07, 6.45) is -2.17. The van der Waals surface area contributed by atoms with Crippen LogP contribution in [0.4, 0.5) is 27.6 Å². The second-order valence-electron chi connectivity index (χ2n) is 11.3. The molecule has 0 radical (unpaired) electrons. The molecule has 1 saturated carbocycles. The van der Waals surface area contributed by atoms with Crippen molar-refractivity contribution >= 4 is 11.6 Å². The van der Waals surface area contributed by atoms with Gasteiger partial charge in [0.2, 0.25) is 0 Å². The van der Waals surface area contributed by atoms with Crippen LogP contribution >= 0.6 is 0 Å². The number of hydrogen-bond acceptors (Lipinski definition) is 4. The van der Waals surface area contributed by atoms with E-state index in [1.807, 2.05) is 0 Å². The zero-order valence-electron chi connectivity index (χ0n) is 21.6. The Morgan fingerprint density at radius 2 is 1.87 bits per heavy atom. The summed E-state index contributed by atoms with van der Waals surface area (Å²) in [6, 6.07) is 8.35. The van der Waals surface area contributed by atoms with Crippen LogP contribution in [0.15, 0.2) is 42.7 Å². The Bertz CT molecular complexity index is 1440. The second kappa shape index (κ2) is 8.84. The van der Waals surface area contributed by atoms with E-state index in [1.54, 1.807) is 6.07 Å². The lowest BCUT2D eigenvalue weighted by Crippen LogP contribution is -2.27. The number of nitrogens with zero attached hydrogens (tertiary/aromatic N) is 5. The Morgan fingerprint density at radius 3 is 2.51 bits per heavy atom. The minimum absolute atomic E-state index is 0.00368. The van der Waals surface area contributed by atoms with Gasteiger partial charge in [0.1, 0.15) is 6.33 Å². The number of amides is 1. The van der Waals surface area contributed by atoms with E-state index in [9.17, 15) is 18.0 Å². The van der Waals surface area contributed by atoms with Gasteiger partial charge in [-0.05, 0) is 79.1 Å². The van der Waals surface area contributed by atoms with Crippen molar-refractivity contribution in [2.75, 3.05) is 18.0 Å². The topological polar surface area (TPSA) is 54.3 Å². The fraction of sp³-hybridized carbons (Fsp3) is 0.464. The maximum absolute atomic E-state index is 15.8. The van der Waals surface area contributed by atoms with Crippen LogP contribution in [0.3, 0.4) is 0 Å². The molecule has 6 nitrogen and oxygen atoms in total. The highest BCUT2D eigenvalue weighted by atomic mass is 19.4. The van der Waals surface area contributed by atoms with Crippen molar-refractivity contribution < 1.29 is 26.7 Å². The van der Waals surface area contributed by atoms with Crippen molar-refractivity contribution in [2.45, 2.75) is 57.3 Å². The Kier molecular flexibility index (Phi) is 5.87. The largest absolute Gasteiger partial charge is 0.416 e. The lowest BCUT2D eigenvalue weighted by Gasteiger charge is -2.26. The smallest absolute Gasteiger partial charge is 0.318 e. The Balaban J connectivity index is 1.31. The van der Waals surface area contributed by atoms with E-state index in [2.05, 4.69) is 15.1 Å². The van der Waals surface area contributed by atoms with Crippen molar-refractivity contribution in [3.8, 4) is 0 Å². The number of alkyl halides is 5. The predicted molar refractivity (Wildman–Crippen MR) is 133 cm³/mol. The molecule has 39 heavy (non-hydrogen) atoms. The van der Waals surface area contributed by atoms with Crippen molar-refractivity contribution in [1.29, 1.82) is 0 Å². The monoisotopic (exact) mass is 545 g/mol. The van der Waals surface area contributed by atoms with E-state index in [0.717, 1.165) is 45.3 Å². The standard InChI is InChI=1S/C28H28F5N5O/c1-26(30,23(29)24-35-34-16-36(24)2)18-4-3-5-19(12-18)38-14-21-20(25(38)39)10-17(11-22(21)28(31,32)33)13-37-9-8-27(15-37)6-7-27/h3-5,10-12,16,23H,6-9,13-15H2,1-2H3/t23-,26-/m0/s1. The van der Waals surface area contributed by atoms with E-state index in [-0.39, 0.29) is 34.7 Å². The van der Waals surface area contributed by atoms with Gasteiger partial charge in [0.05, 0.1) is 12.1 Å². The number of aryl methyl sites for hydroxylation is 1. The van der Waals surface area contributed by atoms with Crippen molar-refractivity contribution in [3.05, 3.63) is 76.4 Å². The highest BCUT2D eigenvalue weighted by Crippen LogP contribution is 2.53. The van der Waals surface area contributed by atoms with Gasteiger partial charge < -0.3 is 9.47 Å².